The fourth-order valence-corrected chi connectivity index (χ4v) is 1.46. The molecule has 4 nitrogen and oxygen atoms in total. The standard InChI is InChI=1S/C12H18N2O2/c1-14(12(15)16)8-2-3-10-4-6-11(9-13)7-5-10/h4-7H,2-3,8-9,13H2,1H3,(H,15,16). The summed E-state index contributed by atoms with van der Waals surface area (Å²) in [6, 6.07) is 8.11. The molecule has 0 aliphatic rings. The molecule has 0 unspecified atom stereocenters. The zero-order chi connectivity index (χ0) is 12.0. The Balaban J connectivity index is 2.34. The van der Waals surface area contributed by atoms with Crippen LogP contribution in [-0.4, -0.2) is 29.7 Å². The molecule has 0 radical (unpaired) electrons. The highest BCUT2D eigenvalue weighted by Gasteiger charge is 2.03. The van der Waals surface area contributed by atoms with E-state index >= 15 is 0 Å². The first-order valence-electron chi connectivity index (χ1n) is 5.35. The van der Waals surface area contributed by atoms with Crippen LogP contribution in [-0.2, 0) is 13.0 Å². The largest absolute Gasteiger partial charge is 0.465 e. The summed E-state index contributed by atoms with van der Waals surface area (Å²) >= 11 is 0. The Bertz CT molecular complexity index is 335. The third kappa shape index (κ3) is 3.90. The van der Waals surface area contributed by atoms with Gasteiger partial charge in [0.05, 0.1) is 0 Å². The molecule has 0 heterocycles. The quantitative estimate of drug-likeness (QED) is 0.796. The van der Waals surface area contributed by atoms with Crippen LogP contribution in [0.2, 0.25) is 0 Å². The van der Waals surface area contributed by atoms with E-state index in [9.17, 15) is 4.79 Å². The lowest BCUT2D eigenvalue weighted by Gasteiger charge is -2.12. The highest BCUT2D eigenvalue weighted by molar-refractivity contribution is 5.64. The first kappa shape index (κ1) is 12.5. The average Bonchev–Trinajstić information content (AvgIpc) is 2.29. The average molecular weight is 222 g/mol. The molecule has 0 aromatic heterocycles. The third-order valence-corrected chi connectivity index (χ3v) is 2.54. The van der Waals surface area contributed by atoms with Gasteiger partial charge < -0.3 is 15.7 Å². The predicted octanol–water partition coefficient (Wildman–Crippen LogP) is 1.69. The van der Waals surface area contributed by atoms with E-state index in [1.54, 1.807) is 7.05 Å². The molecule has 0 spiro atoms. The van der Waals surface area contributed by atoms with E-state index in [1.165, 1.54) is 10.5 Å². The monoisotopic (exact) mass is 222 g/mol. The Morgan fingerprint density at radius 1 is 1.31 bits per heavy atom. The lowest BCUT2D eigenvalue weighted by molar-refractivity contribution is 0.155. The van der Waals surface area contributed by atoms with Crippen molar-refractivity contribution in [3.05, 3.63) is 35.4 Å². The molecule has 0 aliphatic carbocycles. The number of benzene rings is 1. The molecule has 3 N–H and O–H groups in total. The maximum Gasteiger partial charge on any atom is 0.407 e. The lowest BCUT2D eigenvalue weighted by atomic mass is 10.1. The minimum atomic E-state index is -0.876. The van der Waals surface area contributed by atoms with E-state index in [0.29, 0.717) is 13.1 Å². The van der Waals surface area contributed by atoms with Crippen molar-refractivity contribution in [1.29, 1.82) is 0 Å². The van der Waals surface area contributed by atoms with Crippen molar-refractivity contribution in [2.45, 2.75) is 19.4 Å². The molecule has 0 aliphatic heterocycles. The van der Waals surface area contributed by atoms with Gasteiger partial charge in [0.1, 0.15) is 0 Å². The number of hydrogen-bond acceptors (Lipinski definition) is 2. The van der Waals surface area contributed by atoms with E-state index < -0.39 is 6.09 Å². The summed E-state index contributed by atoms with van der Waals surface area (Å²) in [5, 5.41) is 8.66. The molecular weight excluding hydrogens is 204 g/mol. The van der Waals surface area contributed by atoms with E-state index in [2.05, 4.69) is 0 Å². The number of carbonyl (C=O) groups is 1. The van der Waals surface area contributed by atoms with Crippen molar-refractivity contribution in [2.24, 2.45) is 5.73 Å². The van der Waals surface area contributed by atoms with Crippen LogP contribution in [0.15, 0.2) is 24.3 Å². The minimum Gasteiger partial charge on any atom is -0.465 e. The second-order valence-corrected chi connectivity index (χ2v) is 3.83. The fraction of sp³-hybridized carbons (Fsp3) is 0.417. The molecule has 4 heteroatoms. The number of rotatable bonds is 5. The molecular formula is C12H18N2O2. The van der Waals surface area contributed by atoms with Crippen molar-refractivity contribution in [3.63, 3.8) is 0 Å². The van der Waals surface area contributed by atoms with Crippen LogP contribution >= 0.6 is 0 Å². The van der Waals surface area contributed by atoms with Crippen LogP contribution in [0, 0.1) is 0 Å². The molecule has 1 amide bonds. The molecule has 0 bridgehead atoms. The van der Waals surface area contributed by atoms with E-state index in [0.717, 1.165) is 18.4 Å². The van der Waals surface area contributed by atoms with Gasteiger partial charge in [-0.15, -0.1) is 0 Å². The maximum absolute atomic E-state index is 10.5. The van der Waals surface area contributed by atoms with Gasteiger partial charge in [-0.1, -0.05) is 24.3 Å². The second kappa shape index (κ2) is 6.12. The van der Waals surface area contributed by atoms with Gasteiger partial charge in [-0.2, -0.15) is 0 Å². The van der Waals surface area contributed by atoms with Crippen LogP contribution in [0.3, 0.4) is 0 Å². The van der Waals surface area contributed by atoms with Gasteiger partial charge in [0.25, 0.3) is 0 Å². The van der Waals surface area contributed by atoms with Crippen molar-refractivity contribution < 1.29 is 9.90 Å². The first-order chi connectivity index (χ1) is 7.63. The Labute approximate surface area is 95.7 Å². The highest BCUT2D eigenvalue weighted by Crippen LogP contribution is 2.06. The number of carboxylic acid groups (broad SMARTS) is 1. The number of hydrogen-bond donors (Lipinski definition) is 2. The fourth-order valence-electron chi connectivity index (χ4n) is 1.46. The normalized spacial score (nSPS) is 10.1. The number of nitrogens with zero attached hydrogens (tertiary/aromatic N) is 1. The van der Waals surface area contributed by atoms with Gasteiger partial charge in [-0.3, -0.25) is 0 Å². The van der Waals surface area contributed by atoms with Crippen LogP contribution in [0.1, 0.15) is 17.5 Å². The van der Waals surface area contributed by atoms with Crippen LogP contribution in [0.25, 0.3) is 0 Å². The summed E-state index contributed by atoms with van der Waals surface area (Å²) in [6.07, 6.45) is 0.853. The summed E-state index contributed by atoms with van der Waals surface area (Å²) in [4.78, 5) is 11.8. The van der Waals surface area contributed by atoms with Crippen molar-refractivity contribution in [2.75, 3.05) is 13.6 Å². The van der Waals surface area contributed by atoms with Gasteiger partial charge in [0.2, 0.25) is 0 Å². The molecule has 1 aromatic carbocycles. The Kier molecular flexibility index (Phi) is 4.79. The molecule has 1 rings (SSSR count). The van der Waals surface area contributed by atoms with E-state index in [4.69, 9.17) is 10.8 Å². The van der Waals surface area contributed by atoms with Gasteiger partial charge in [0, 0.05) is 20.1 Å². The Morgan fingerprint density at radius 2 is 1.88 bits per heavy atom. The molecule has 1 aromatic rings. The molecule has 0 atom stereocenters. The first-order valence-corrected chi connectivity index (χ1v) is 5.35. The molecule has 0 saturated carbocycles. The third-order valence-electron chi connectivity index (χ3n) is 2.54. The smallest absolute Gasteiger partial charge is 0.407 e. The topological polar surface area (TPSA) is 66.6 Å². The Hall–Kier alpha value is -1.55. The Morgan fingerprint density at radius 3 is 2.38 bits per heavy atom. The number of amides is 1. The van der Waals surface area contributed by atoms with Crippen molar-refractivity contribution in [1.82, 2.24) is 4.90 Å². The summed E-state index contributed by atoms with van der Waals surface area (Å²) < 4.78 is 0. The minimum absolute atomic E-state index is 0.558. The second-order valence-electron chi connectivity index (χ2n) is 3.83. The summed E-state index contributed by atoms with van der Waals surface area (Å²) in [5.74, 6) is 0. The molecule has 16 heavy (non-hydrogen) atoms. The van der Waals surface area contributed by atoms with Crippen LogP contribution < -0.4 is 5.73 Å². The molecule has 88 valence electrons. The molecule has 0 saturated heterocycles. The highest BCUT2D eigenvalue weighted by atomic mass is 16.4. The van der Waals surface area contributed by atoms with Gasteiger partial charge in [-0.05, 0) is 24.0 Å². The summed E-state index contributed by atoms with van der Waals surface area (Å²) in [6.45, 7) is 1.12. The zero-order valence-corrected chi connectivity index (χ0v) is 9.52. The van der Waals surface area contributed by atoms with Gasteiger partial charge >= 0.3 is 6.09 Å². The van der Waals surface area contributed by atoms with E-state index in [-0.39, 0.29) is 0 Å². The van der Waals surface area contributed by atoms with E-state index in [1.807, 2.05) is 24.3 Å². The predicted molar refractivity (Wildman–Crippen MR) is 63.3 cm³/mol. The SMILES string of the molecule is CN(CCCc1ccc(CN)cc1)C(=O)O. The van der Waals surface area contributed by atoms with Gasteiger partial charge in [0.15, 0.2) is 0 Å². The maximum atomic E-state index is 10.5. The number of nitrogens with two attached hydrogens (primary N) is 1. The van der Waals surface area contributed by atoms with Crippen LogP contribution in [0.5, 0.6) is 0 Å². The van der Waals surface area contributed by atoms with Crippen molar-refractivity contribution >= 4 is 6.09 Å². The summed E-state index contributed by atoms with van der Waals surface area (Å²) in [7, 11) is 1.58. The van der Waals surface area contributed by atoms with Gasteiger partial charge in [-0.25, -0.2) is 4.79 Å². The summed E-state index contributed by atoms with van der Waals surface area (Å²) in [5.41, 5.74) is 7.84. The lowest BCUT2D eigenvalue weighted by Crippen LogP contribution is -2.25. The van der Waals surface area contributed by atoms with Crippen LogP contribution in [0.4, 0.5) is 4.79 Å². The van der Waals surface area contributed by atoms with Crippen molar-refractivity contribution in [3.8, 4) is 0 Å². The number of aryl methyl sites for hydroxylation is 1. The zero-order valence-electron chi connectivity index (χ0n) is 9.52. The molecule has 0 fully saturated rings.